The Hall–Kier alpha value is -0.0800. The van der Waals surface area contributed by atoms with Crippen molar-refractivity contribution in [3.8, 4) is 0 Å². The quantitative estimate of drug-likeness (QED) is 0.513. The van der Waals surface area contributed by atoms with Crippen LogP contribution in [0.1, 0.15) is 88.5 Å². The summed E-state index contributed by atoms with van der Waals surface area (Å²) in [5, 5.41) is 0. The van der Waals surface area contributed by atoms with Crippen molar-refractivity contribution in [1.29, 1.82) is 0 Å². The molecule has 0 spiro atoms. The van der Waals surface area contributed by atoms with Crippen molar-refractivity contribution in [1.82, 2.24) is 9.80 Å². The van der Waals surface area contributed by atoms with E-state index in [0.29, 0.717) is 12.1 Å². The molecule has 2 heteroatoms. The third kappa shape index (κ3) is 16.1. The minimum absolute atomic E-state index is 0. The first-order chi connectivity index (χ1) is 9.44. The van der Waals surface area contributed by atoms with Gasteiger partial charge in [0.05, 0.1) is 0 Å². The second-order valence-electron chi connectivity index (χ2n) is 6.16. The van der Waals surface area contributed by atoms with Crippen LogP contribution < -0.4 is 0 Å². The van der Waals surface area contributed by atoms with Crippen LogP contribution in [0.15, 0.2) is 0 Å². The van der Waals surface area contributed by atoms with Gasteiger partial charge in [0.2, 0.25) is 0 Å². The third-order valence-corrected chi connectivity index (χ3v) is 3.79. The molecule has 0 fully saturated rings. The molecule has 0 bridgehead atoms. The Bertz CT molecular complexity index is 162. The van der Waals surface area contributed by atoms with Crippen molar-refractivity contribution < 1.29 is 0 Å². The van der Waals surface area contributed by atoms with Crippen LogP contribution in [0.4, 0.5) is 0 Å². The van der Waals surface area contributed by atoms with Gasteiger partial charge in [-0.3, -0.25) is 4.90 Å². The van der Waals surface area contributed by atoms with Gasteiger partial charge in [-0.25, -0.2) is 0 Å². The van der Waals surface area contributed by atoms with Crippen LogP contribution in [-0.4, -0.2) is 48.1 Å². The molecule has 0 aromatic rings. The molecule has 0 saturated heterocycles. The van der Waals surface area contributed by atoms with Crippen LogP contribution in [-0.2, 0) is 0 Å². The Morgan fingerprint density at radius 2 is 1.05 bits per heavy atom. The zero-order valence-electron chi connectivity index (χ0n) is 15.7. The largest absolute Gasteiger partial charge is 0.304 e. The maximum Gasteiger partial charge on any atom is 0.00411 e. The van der Waals surface area contributed by atoms with E-state index in [0.717, 1.165) is 6.54 Å². The highest BCUT2D eigenvalue weighted by Gasteiger charge is 2.09. The fraction of sp³-hybridized carbons (Fsp3) is 1.00. The number of unbranched alkanes of at least 4 members (excludes halogenated alkanes) is 2. The molecule has 0 N–H and O–H groups in total. The summed E-state index contributed by atoms with van der Waals surface area (Å²) in [6, 6.07) is 1.38. The van der Waals surface area contributed by atoms with Crippen molar-refractivity contribution in [3.05, 3.63) is 0 Å². The Morgan fingerprint density at radius 3 is 1.19 bits per heavy atom. The molecule has 0 rings (SSSR count). The van der Waals surface area contributed by atoms with Gasteiger partial charge in [-0.05, 0) is 66.7 Å². The molecule has 0 aliphatic rings. The highest BCUT2D eigenvalue weighted by molar-refractivity contribution is 4.64. The second-order valence-corrected chi connectivity index (χ2v) is 6.16. The van der Waals surface area contributed by atoms with Crippen molar-refractivity contribution >= 4 is 0 Å². The summed E-state index contributed by atoms with van der Waals surface area (Å²) in [4.78, 5) is 5.01. The monoisotopic (exact) mass is 302 g/mol. The van der Waals surface area contributed by atoms with Crippen LogP contribution in [0.3, 0.4) is 0 Å². The molecule has 0 amide bonds. The lowest BCUT2D eigenvalue weighted by molar-refractivity contribution is 0.185. The Balaban J connectivity index is -0.000000300. The zero-order chi connectivity index (χ0) is 16.0. The van der Waals surface area contributed by atoms with Crippen LogP contribution in [0.25, 0.3) is 0 Å². The smallest absolute Gasteiger partial charge is 0.00411 e. The van der Waals surface area contributed by atoms with E-state index >= 15 is 0 Å². The molecule has 21 heavy (non-hydrogen) atoms. The standard InChI is InChI=1S/C10H23N.C8H19N.CH4/c1-4-7-9-11(6-3)10-8-5-2;1-6-9(7(2)3)8(4)5;/h4-10H2,1-3H3;7-8H,6H2,1-5H3;1H4. The van der Waals surface area contributed by atoms with Crippen molar-refractivity contribution in [2.24, 2.45) is 0 Å². The maximum atomic E-state index is 2.55. The van der Waals surface area contributed by atoms with E-state index in [2.05, 4.69) is 65.2 Å². The van der Waals surface area contributed by atoms with E-state index in [1.165, 1.54) is 45.3 Å². The molecule has 2 nitrogen and oxygen atoms in total. The Kier molecular flexibility index (Phi) is 22.1. The molecule has 0 saturated carbocycles. The molecular formula is C19H46N2. The lowest BCUT2D eigenvalue weighted by Gasteiger charge is -2.28. The summed E-state index contributed by atoms with van der Waals surface area (Å²) in [5.74, 6) is 0. The van der Waals surface area contributed by atoms with Crippen LogP contribution in [0.5, 0.6) is 0 Å². The van der Waals surface area contributed by atoms with Crippen molar-refractivity contribution in [2.75, 3.05) is 26.2 Å². The summed E-state index contributed by atoms with van der Waals surface area (Å²) in [6.45, 7) is 22.9. The summed E-state index contributed by atoms with van der Waals surface area (Å²) in [5.41, 5.74) is 0. The van der Waals surface area contributed by atoms with Crippen LogP contribution in [0.2, 0.25) is 0 Å². The highest BCUT2D eigenvalue weighted by Crippen LogP contribution is 2.02. The van der Waals surface area contributed by atoms with Gasteiger partial charge in [0.15, 0.2) is 0 Å². The molecule has 0 aromatic heterocycles. The van der Waals surface area contributed by atoms with Crippen molar-refractivity contribution in [2.45, 2.75) is 101 Å². The van der Waals surface area contributed by atoms with Gasteiger partial charge in [-0.15, -0.1) is 0 Å². The second kappa shape index (κ2) is 18.0. The molecule has 0 aliphatic heterocycles. The van der Waals surface area contributed by atoms with Gasteiger partial charge >= 0.3 is 0 Å². The van der Waals surface area contributed by atoms with E-state index in [-0.39, 0.29) is 7.43 Å². The molecule has 0 atom stereocenters. The Morgan fingerprint density at radius 1 is 0.667 bits per heavy atom. The first-order valence-corrected chi connectivity index (χ1v) is 8.92. The van der Waals surface area contributed by atoms with E-state index < -0.39 is 0 Å². The first-order valence-electron chi connectivity index (χ1n) is 8.92. The van der Waals surface area contributed by atoms with E-state index in [4.69, 9.17) is 0 Å². The molecule has 0 aliphatic carbocycles. The number of hydrogen-bond donors (Lipinski definition) is 0. The lowest BCUT2D eigenvalue weighted by atomic mass is 10.2. The van der Waals surface area contributed by atoms with E-state index in [1.54, 1.807) is 0 Å². The molecule has 0 radical (unpaired) electrons. The molecule has 0 unspecified atom stereocenters. The van der Waals surface area contributed by atoms with E-state index in [1.807, 2.05) is 0 Å². The highest BCUT2D eigenvalue weighted by atomic mass is 15.2. The number of rotatable bonds is 10. The minimum atomic E-state index is 0. The Labute approximate surface area is 137 Å². The average molecular weight is 303 g/mol. The van der Waals surface area contributed by atoms with Gasteiger partial charge in [0, 0.05) is 12.1 Å². The molecule has 0 aromatic carbocycles. The fourth-order valence-electron chi connectivity index (χ4n) is 2.52. The average Bonchev–Trinajstić information content (AvgIpc) is 2.39. The number of nitrogens with zero attached hydrogens (tertiary/aromatic N) is 2. The summed E-state index contributed by atoms with van der Waals surface area (Å²) < 4.78 is 0. The summed E-state index contributed by atoms with van der Waals surface area (Å²) >= 11 is 0. The topological polar surface area (TPSA) is 6.48 Å². The molecular weight excluding hydrogens is 256 g/mol. The predicted molar refractivity (Wildman–Crippen MR) is 101 cm³/mol. The van der Waals surface area contributed by atoms with Crippen LogP contribution >= 0.6 is 0 Å². The predicted octanol–water partition coefficient (Wildman–Crippen LogP) is 5.67. The fourth-order valence-corrected chi connectivity index (χ4v) is 2.52. The minimum Gasteiger partial charge on any atom is -0.304 e. The van der Waals surface area contributed by atoms with Crippen molar-refractivity contribution in [3.63, 3.8) is 0 Å². The number of hydrogen-bond acceptors (Lipinski definition) is 2. The summed E-state index contributed by atoms with van der Waals surface area (Å²) in [7, 11) is 0. The SMILES string of the molecule is C.CCCCN(CC)CCCC.CCN(C(C)C)C(C)C. The molecule has 132 valence electrons. The van der Waals surface area contributed by atoms with Gasteiger partial charge in [-0.1, -0.05) is 48.0 Å². The first kappa shape index (κ1) is 25.9. The molecule has 0 heterocycles. The van der Waals surface area contributed by atoms with Gasteiger partial charge in [-0.2, -0.15) is 0 Å². The third-order valence-electron chi connectivity index (χ3n) is 3.79. The van der Waals surface area contributed by atoms with Crippen LogP contribution in [0, 0.1) is 0 Å². The summed E-state index contributed by atoms with van der Waals surface area (Å²) in [6.07, 6.45) is 5.36. The van der Waals surface area contributed by atoms with Gasteiger partial charge in [0.1, 0.15) is 0 Å². The lowest BCUT2D eigenvalue weighted by Crippen LogP contribution is -2.36. The van der Waals surface area contributed by atoms with Gasteiger partial charge in [0.25, 0.3) is 0 Å². The zero-order valence-corrected chi connectivity index (χ0v) is 15.7. The maximum absolute atomic E-state index is 2.55. The normalized spacial score (nSPS) is 10.9. The van der Waals surface area contributed by atoms with E-state index in [9.17, 15) is 0 Å². The van der Waals surface area contributed by atoms with Gasteiger partial charge < -0.3 is 4.90 Å².